The van der Waals surface area contributed by atoms with Gasteiger partial charge in [-0.2, -0.15) is 5.26 Å². The van der Waals surface area contributed by atoms with Crippen LogP contribution in [0.4, 0.5) is 4.79 Å². The van der Waals surface area contributed by atoms with Gasteiger partial charge in [0.2, 0.25) is 0 Å². The Morgan fingerprint density at radius 1 is 1.10 bits per heavy atom. The summed E-state index contributed by atoms with van der Waals surface area (Å²) in [5, 5.41) is 11.8. The summed E-state index contributed by atoms with van der Waals surface area (Å²) in [4.78, 5) is 16.8. The van der Waals surface area contributed by atoms with Gasteiger partial charge in [-0.25, -0.2) is 4.79 Å². The minimum Gasteiger partial charge on any atom is -0.444 e. The largest absolute Gasteiger partial charge is 0.444 e. The molecule has 0 unspecified atom stereocenters. The lowest BCUT2D eigenvalue weighted by Gasteiger charge is -2.27. The van der Waals surface area contributed by atoms with Crippen molar-refractivity contribution in [2.24, 2.45) is 0 Å². The van der Waals surface area contributed by atoms with Crippen molar-refractivity contribution in [3.05, 3.63) is 35.4 Å². The lowest BCUT2D eigenvalue weighted by Crippen LogP contribution is -2.32. The molecular formula is C25H40N4O2. The molecule has 6 heteroatoms. The zero-order valence-corrected chi connectivity index (χ0v) is 19.7. The van der Waals surface area contributed by atoms with E-state index >= 15 is 0 Å². The summed E-state index contributed by atoms with van der Waals surface area (Å²) in [6.45, 7) is 12.4. The first-order valence-electron chi connectivity index (χ1n) is 11.7. The van der Waals surface area contributed by atoms with E-state index in [9.17, 15) is 4.79 Å². The summed E-state index contributed by atoms with van der Waals surface area (Å²) in [5.74, 6) is 0. The van der Waals surface area contributed by atoms with E-state index in [1.165, 1.54) is 57.3 Å². The smallest absolute Gasteiger partial charge is 0.407 e. The highest BCUT2D eigenvalue weighted by molar-refractivity contribution is 5.67. The SMILES string of the molecule is CC(C)(C)OC(=O)NCc1ccc(CN(CCC#N)CCCCN2CCCCC2)cc1. The lowest BCUT2D eigenvalue weighted by atomic mass is 10.1. The molecule has 1 aliphatic heterocycles. The Balaban J connectivity index is 1.75. The maximum atomic E-state index is 11.8. The summed E-state index contributed by atoms with van der Waals surface area (Å²) >= 11 is 0. The van der Waals surface area contributed by atoms with Crippen LogP contribution in [-0.4, -0.2) is 54.2 Å². The summed E-state index contributed by atoms with van der Waals surface area (Å²) in [7, 11) is 0. The number of carbonyl (C=O) groups excluding carboxylic acids is 1. The highest BCUT2D eigenvalue weighted by Crippen LogP contribution is 2.12. The van der Waals surface area contributed by atoms with Gasteiger partial charge in [0.05, 0.1) is 6.07 Å². The van der Waals surface area contributed by atoms with Gasteiger partial charge in [0, 0.05) is 26.1 Å². The van der Waals surface area contributed by atoms with Crippen molar-refractivity contribution in [2.75, 3.05) is 32.7 Å². The topological polar surface area (TPSA) is 68.6 Å². The van der Waals surface area contributed by atoms with Crippen molar-refractivity contribution in [3.8, 4) is 6.07 Å². The number of nitrogens with zero attached hydrogens (tertiary/aromatic N) is 3. The quantitative estimate of drug-likeness (QED) is 0.518. The Morgan fingerprint density at radius 3 is 2.42 bits per heavy atom. The lowest BCUT2D eigenvalue weighted by molar-refractivity contribution is 0.0523. The number of rotatable bonds is 11. The van der Waals surface area contributed by atoms with Crippen LogP contribution in [0, 0.1) is 11.3 Å². The molecule has 0 aliphatic carbocycles. The third-order valence-corrected chi connectivity index (χ3v) is 5.45. The number of piperidine rings is 1. The van der Waals surface area contributed by atoms with Gasteiger partial charge in [-0.15, -0.1) is 0 Å². The summed E-state index contributed by atoms with van der Waals surface area (Å²) < 4.78 is 5.27. The number of carbonyl (C=O) groups is 1. The molecule has 0 aromatic heterocycles. The average molecular weight is 429 g/mol. The van der Waals surface area contributed by atoms with Crippen molar-refractivity contribution in [1.29, 1.82) is 5.26 Å². The van der Waals surface area contributed by atoms with E-state index in [1.807, 2.05) is 32.9 Å². The van der Waals surface area contributed by atoms with Crippen LogP contribution in [0.2, 0.25) is 0 Å². The van der Waals surface area contributed by atoms with Gasteiger partial charge in [-0.1, -0.05) is 30.7 Å². The molecule has 1 aromatic carbocycles. The second-order valence-electron chi connectivity index (χ2n) is 9.47. The molecule has 2 rings (SSSR count). The first-order chi connectivity index (χ1) is 14.9. The number of nitrogens with one attached hydrogen (secondary N) is 1. The molecule has 31 heavy (non-hydrogen) atoms. The van der Waals surface area contributed by atoms with Gasteiger partial charge in [0.1, 0.15) is 5.60 Å². The number of amides is 1. The number of hydrogen-bond acceptors (Lipinski definition) is 5. The maximum Gasteiger partial charge on any atom is 0.407 e. The standard InChI is InChI=1S/C25H40N4O2/c1-25(2,3)31-24(30)27-20-22-10-12-23(13-11-22)21-29(19-9-14-26)18-8-7-17-28-15-5-4-6-16-28/h10-13H,4-9,15-21H2,1-3H3,(H,27,30). The van der Waals surface area contributed by atoms with Crippen LogP contribution in [-0.2, 0) is 17.8 Å². The van der Waals surface area contributed by atoms with Crippen molar-refractivity contribution < 1.29 is 9.53 Å². The van der Waals surface area contributed by atoms with E-state index in [1.54, 1.807) is 0 Å². The van der Waals surface area contributed by atoms with E-state index in [-0.39, 0.29) is 0 Å². The minimum atomic E-state index is -0.491. The zero-order chi connectivity index (χ0) is 22.5. The van der Waals surface area contributed by atoms with Crippen LogP contribution in [0.3, 0.4) is 0 Å². The maximum absolute atomic E-state index is 11.8. The van der Waals surface area contributed by atoms with Crippen molar-refractivity contribution >= 4 is 6.09 Å². The molecule has 1 fully saturated rings. The molecule has 0 atom stereocenters. The number of alkyl carbamates (subject to hydrolysis) is 1. The number of likely N-dealkylation sites (tertiary alicyclic amines) is 1. The molecule has 172 valence electrons. The first-order valence-corrected chi connectivity index (χ1v) is 11.7. The third kappa shape index (κ3) is 11.2. The van der Waals surface area contributed by atoms with Gasteiger partial charge in [-0.3, -0.25) is 4.90 Å². The molecule has 1 amide bonds. The highest BCUT2D eigenvalue weighted by Gasteiger charge is 2.15. The van der Waals surface area contributed by atoms with E-state index < -0.39 is 11.7 Å². The van der Waals surface area contributed by atoms with Crippen molar-refractivity contribution in [2.45, 2.75) is 78.0 Å². The number of nitriles is 1. The van der Waals surface area contributed by atoms with Gasteiger partial charge in [0.25, 0.3) is 0 Å². The normalized spacial score (nSPS) is 14.9. The van der Waals surface area contributed by atoms with Gasteiger partial charge in [-0.05, 0) is 83.8 Å². The molecule has 0 radical (unpaired) electrons. The molecule has 0 bridgehead atoms. The highest BCUT2D eigenvalue weighted by atomic mass is 16.6. The predicted octanol–water partition coefficient (Wildman–Crippen LogP) is 4.69. The second-order valence-corrected chi connectivity index (χ2v) is 9.47. The molecule has 1 heterocycles. The molecular weight excluding hydrogens is 388 g/mol. The average Bonchev–Trinajstić information content (AvgIpc) is 2.74. The number of ether oxygens (including phenoxy) is 1. The molecule has 0 spiro atoms. The molecule has 0 saturated carbocycles. The van der Waals surface area contributed by atoms with Gasteiger partial charge >= 0.3 is 6.09 Å². The summed E-state index contributed by atoms with van der Waals surface area (Å²) in [5.41, 5.74) is 1.78. The van der Waals surface area contributed by atoms with E-state index in [2.05, 4.69) is 33.3 Å². The first kappa shape index (κ1) is 25.2. The molecule has 1 N–H and O–H groups in total. The molecule has 1 aromatic rings. The fraction of sp³-hybridized carbons (Fsp3) is 0.680. The van der Waals surface area contributed by atoms with Crippen LogP contribution in [0.25, 0.3) is 0 Å². The van der Waals surface area contributed by atoms with E-state index in [0.29, 0.717) is 13.0 Å². The van der Waals surface area contributed by atoms with Gasteiger partial charge < -0.3 is 15.0 Å². The van der Waals surface area contributed by atoms with Crippen LogP contribution >= 0.6 is 0 Å². The predicted molar refractivity (Wildman–Crippen MR) is 125 cm³/mol. The Hall–Kier alpha value is -2.10. The van der Waals surface area contributed by atoms with Crippen LogP contribution in [0.1, 0.15) is 70.4 Å². The fourth-order valence-corrected chi connectivity index (χ4v) is 3.84. The Kier molecular flexibility index (Phi) is 10.8. The number of hydrogen-bond donors (Lipinski definition) is 1. The van der Waals surface area contributed by atoms with Crippen LogP contribution < -0.4 is 5.32 Å². The van der Waals surface area contributed by atoms with E-state index in [0.717, 1.165) is 25.2 Å². The Morgan fingerprint density at radius 2 is 1.77 bits per heavy atom. The summed E-state index contributed by atoms with van der Waals surface area (Å²) in [6.07, 6.45) is 6.62. The minimum absolute atomic E-state index is 0.399. The van der Waals surface area contributed by atoms with Crippen molar-refractivity contribution in [3.63, 3.8) is 0 Å². The fourth-order valence-electron chi connectivity index (χ4n) is 3.84. The molecule has 6 nitrogen and oxygen atoms in total. The Bertz CT molecular complexity index is 685. The number of unbranched alkanes of at least 4 members (excludes halogenated alkanes) is 1. The van der Waals surface area contributed by atoms with Crippen LogP contribution in [0.5, 0.6) is 0 Å². The third-order valence-electron chi connectivity index (χ3n) is 5.45. The molecule has 1 aliphatic rings. The summed E-state index contributed by atoms with van der Waals surface area (Å²) in [6, 6.07) is 10.6. The van der Waals surface area contributed by atoms with E-state index in [4.69, 9.17) is 10.00 Å². The van der Waals surface area contributed by atoms with Crippen molar-refractivity contribution in [1.82, 2.24) is 15.1 Å². The number of benzene rings is 1. The zero-order valence-electron chi connectivity index (χ0n) is 19.7. The second kappa shape index (κ2) is 13.3. The monoisotopic (exact) mass is 428 g/mol. The Labute approximate surface area is 188 Å². The van der Waals surface area contributed by atoms with Gasteiger partial charge in [0.15, 0.2) is 0 Å². The van der Waals surface area contributed by atoms with Crippen LogP contribution in [0.15, 0.2) is 24.3 Å². The molecule has 1 saturated heterocycles.